The molecule has 3 rings (SSSR count). The van der Waals surface area contributed by atoms with Gasteiger partial charge in [0.05, 0.1) is 11.7 Å². The van der Waals surface area contributed by atoms with Gasteiger partial charge >= 0.3 is 5.97 Å². The highest BCUT2D eigenvalue weighted by molar-refractivity contribution is 5.97. The Morgan fingerprint density at radius 1 is 1.17 bits per heavy atom. The summed E-state index contributed by atoms with van der Waals surface area (Å²) >= 11 is 0. The Balaban J connectivity index is 1.96. The van der Waals surface area contributed by atoms with Gasteiger partial charge < -0.3 is 10.2 Å². The summed E-state index contributed by atoms with van der Waals surface area (Å²) in [5.74, 6) is 0.147. The molecule has 3 aliphatic carbocycles. The highest BCUT2D eigenvalue weighted by atomic mass is 16.4. The molecule has 0 radical (unpaired) electrons. The number of carboxylic acid groups (broad SMARTS) is 1. The molecule has 4 heteroatoms. The first kappa shape index (κ1) is 16.5. The summed E-state index contributed by atoms with van der Waals surface area (Å²) < 4.78 is 0. The number of aliphatic carboxylic acids is 1. The summed E-state index contributed by atoms with van der Waals surface area (Å²) in [6.07, 6.45) is 6.55. The average molecular weight is 320 g/mol. The first-order valence-electron chi connectivity index (χ1n) is 8.79. The molecule has 3 saturated carbocycles. The second-order valence-electron chi connectivity index (χ2n) is 8.79. The maximum absolute atomic E-state index is 12.2. The van der Waals surface area contributed by atoms with Gasteiger partial charge in [-0.25, -0.2) is 0 Å². The number of ketones is 1. The Hall–Kier alpha value is -1.32. The zero-order valence-corrected chi connectivity index (χ0v) is 14.4. The van der Waals surface area contributed by atoms with Crippen molar-refractivity contribution in [1.29, 1.82) is 0 Å². The van der Waals surface area contributed by atoms with Crippen LogP contribution in [0.4, 0.5) is 0 Å². The predicted molar refractivity (Wildman–Crippen MR) is 87.0 cm³/mol. The van der Waals surface area contributed by atoms with E-state index in [1.54, 1.807) is 0 Å². The lowest BCUT2D eigenvalue weighted by molar-refractivity contribution is -0.161. The van der Waals surface area contributed by atoms with Crippen LogP contribution in [0.5, 0.6) is 0 Å². The second-order valence-corrected chi connectivity index (χ2v) is 8.79. The number of allylic oxidation sites excluding steroid dienone is 1. The molecule has 3 fully saturated rings. The van der Waals surface area contributed by atoms with Crippen LogP contribution in [-0.4, -0.2) is 22.0 Å². The third kappa shape index (κ3) is 2.17. The number of hydrogen-bond donors (Lipinski definition) is 2. The minimum atomic E-state index is -0.678. The molecular weight excluding hydrogens is 292 g/mol. The summed E-state index contributed by atoms with van der Waals surface area (Å²) in [5.41, 5.74) is -0.207. The monoisotopic (exact) mass is 320 g/mol. The molecule has 0 saturated heterocycles. The molecule has 0 aromatic rings. The summed E-state index contributed by atoms with van der Waals surface area (Å²) in [6.45, 7) is 6.31. The molecule has 0 amide bonds. The van der Waals surface area contributed by atoms with E-state index in [0.29, 0.717) is 30.3 Å². The number of carboxylic acids is 1. The molecule has 0 aromatic heterocycles. The topological polar surface area (TPSA) is 74.6 Å². The average Bonchev–Trinajstić information content (AvgIpc) is 2.48. The van der Waals surface area contributed by atoms with E-state index < -0.39 is 11.4 Å². The Kier molecular flexibility index (Phi) is 3.66. The standard InChI is InChI=1S/C19H28O4/c1-17(16(22)23)8-9-18(2)12(10-17)6-7-19(3)13(11-20)14(21)4-5-15(18)19/h11-12,15,20H,4-10H2,1-3H3,(H,22,23)/b13-11+/t12-,15+,17-,18-,19+/m1/s1. The van der Waals surface area contributed by atoms with E-state index in [4.69, 9.17) is 0 Å². The SMILES string of the molecule is C[C@@]1(C(=O)O)CC[C@]2(C)[C@H](CC[C@@]3(C)/C(=C/O)C(=O)CC[C@@H]23)C1. The van der Waals surface area contributed by atoms with E-state index >= 15 is 0 Å². The maximum atomic E-state index is 12.2. The Bertz CT molecular complexity index is 580. The van der Waals surface area contributed by atoms with Crippen molar-refractivity contribution in [2.24, 2.45) is 28.1 Å². The molecule has 0 unspecified atom stereocenters. The highest BCUT2D eigenvalue weighted by Crippen LogP contribution is 2.66. The number of carbonyl (C=O) groups excluding carboxylic acids is 1. The Morgan fingerprint density at radius 3 is 2.48 bits per heavy atom. The quantitative estimate of drug-likeness (QED) is 0.563. The van der Waals surface area contributed by atoms with Crippen LogP contribution in [0, 0.1) is 28.1 Å². The van der Waals surface area contributed by atoms with Gasteiger partial charge in [-0.3, -0.25) is 9.59 Å². The lowest BCUT2D eigenvalue weighted by Crippen LogP contribution is -2.56. The van der Waals surface area contributed by atoms with Gasteiger partial charge in [-0.05, 0) is 62.7 Å². The molecule has 0 aliphatic heterocycles. The molecule has 0 bridgehead atoms. The fourth-order valence-corrected chi connectivity index (χ4v) is 6.01. The van der Waals surface area contributed by atoms with Crippen molar-refractivity contribution in [3.63, 3.8) is 0 Å². The lowest BCUT2D eigenvalue weighted by Gasteiger charge is -2.61. The van der Waals surface area contributed by atoms with E-state index in [2.05, 4.69) is 13.8 Å². The molecule has 128 valence electrons. The van der Waals surface area contributed by atoms with Crippen molar-refractivity contribution < 1.29 is 19.8 Å². The van der Waals surface area contributed by atoms with Gasteiger partial charge in [-0.2, -0.15) is 0 Å². The number of fused-ring (bicyclic) bond motifs is 3. The van der Waals surface area contributed by atoms with Gasteiger partial charge in [0.25, 0.3) is 0 Å². The summed E-state index contributed by atoms with van der Waals surface area (Å²) in [6, 6.07) is 0. The van der Waals surface area contributed by atoms with Crippen LogP contribution in [0.25, 0.3) is 0 Å². The van der Waals surface area contributed by atoms with Crippen LogP contribution in [-0.2, 0) is 9.59 Å². The second kappa shape index (κ2) is 5.09. The molecule has 4 nitrogen and oxygen atoms in total. The van der Waals surface area contributed by atoms with E-state index in [9.17, 15) is 19.8 Å². The summed E-state index contributed by atoms with van der Waals surface area (Å²) in [5, 5.41) is 19.2. The van der Waals surface area contributed by atoms with Gasteiger partial charge in [0.2, 0.25) is 0 Å². The third-order valence-electron chi connectivity index (χ3n) is 7.64. The van der Waals surface area contributed by atoms with Crippen molar-refractivity contribution in [3.8, 4) is 0 Å². The number of Topliss-reactive ketones (excluding diaryl/α,β-unsaturated/α-hetero) is 1. The van der Waals surface area contributed by atoms with Crippen LogP contribution >= 0.6 is 0 Å². The number of hydrogen-bond acceptors (Lipinski definition) is 3. The van der Waals surface area contributed by atoms with Gasteiger partial charge in [-0.15, -0.1) is 0 Å². The van der Waals surface area contributed by atoms with Crippen molar-refractivity contribution in [3.05, 3.63) is 11.8 Å². The predicted octanol–water partition coefficient (Wildman–Crippen LogP) is 4.10. The third-order valence-corrected chi connectivity index (χ3v) is 7.64. The highest BCUT2D eigenvalue weighted by Gasteiger charge is 2.60. The minimum absolute atomic E-state index is 0.0664. The minimum Gasteiger partial charge on any atom is -0.515 e. The first-order chi connectivity index (χ1) is 10.7. The van der Waals surface area contributed by atoms with Crippen molar-refractivity contribution >= 4 is 11.8 Å². The summed E-state index contributed by atoms with van der Waals surface area (Å²) in [4.78, 5) is 23.9. The van der Waals surface area contributed by atoms with Gasteiger partial charge in [0, 0.05) is 17.4 Å². The first-order valence-corrected chi connectivity index (χ1v) is 8.79. The van der Waals surface area contributed by atoms with Crippen LogP contribution in [0.2, 0.25) is 0 Å². The number of rotatable bonds is 1. The molecule has 2 N–H and O–H groups in total. The molecule has 23 heavy (non-hydrogen) atoms. The zero-order valence-electron chi connectivity index (χ0n) is 14.4. The maximum Gasteiger partial charge on any atom is 0.309 e. The largest absolute Gasteiger partial charge is 0.515 e. The normalized spacial score (nSPS) is 48.7. The van der Waals surface area contributed by atoms with Crippen LogP contribution < -0.4 is 0 Å². The van der Waals surface area contributed by atoms with Crippen molar-refractivity contribution in [2.75, 3.05) is 0 Å². The fourth-order valence-electron chi connectivity index (χ4n) is 6.01. The fraction of sp³-hybridized carbons (Fsp3) is 0.789. The Morgan fingerprint density at radius 2 is 1.87 bits per heavy atom. The van der Waals surface area contributed by atoms with Gasteiger partial charge in [0.1, 0.15) is 0 Å². The molecule has 5 atom stereocenters. The number of carbonyl (C=O) groups is 2. The number of aliphatic hydroxyl groups excluding tert-OH is 1. The Labute approximate surface area is 138 Å². The van der Waals surface area contributed by atoms with Crippen molar-refractivity contribution in [1.82, 2.24) is 0 Å². The van der Waals surface area contributed by atoms with E-state index in [1.807, 2.05) is 6.92 Å². The molecular formula is C19H28O4. The van der Waals surface area contributed by atoms with Crippen LogP contribution in [0.1, 0.15) is 65.7 Å². The van der Waals surface area contributed by atoms with Crippen LogP contribution in [0.15, 0.2) is 11.8 Å². The molecule has 0 heterocycles. The van der Waals surface area contributed by atoms with E-state index in [1.165, 1.54) is 0 Å². The van der Waals surface area contributed by atoms with Gasteiger partial charge in [-0.1, -0.05) is 13.8 Å². The van der Waals surface area contributed by atoms with Crippen LogP contribution in [0.3, 0.4) is 0 Å². The zero-order chi connectivity index (χ0) is 17.0. The molecule has 0 aromatic carbocycles. The molecule has 0 spiro atoms. The lowest BCUT2D eigenvalue weighted by atomic mass is 9.42. The number of aliphatic hydroxyl groups is 1. The summed E-state index contributed by atoms with van der Waals surface area (Å²) in [7, 11) is 0. The van der Waals surface area contributed by atoms with E-state index in [0.717, 1.165) is 38.4 Å². The smallest absolute Gasteiger partial charge is 0.309 e. The molecule has 3 aliphatic rings. The van der Waals surface area contributed by atoms with Gasteiger partial charge in [0.15, 0.2) is 5.78 Å². The van der Waals surface area contributed by atoms with E-state index in [-0.39, 0.29) is 16.6 Å². The van der Waals surface area contributed by atoms with Crippen molar-refractivity contribution in [2.45, 2.75) is 65.7 Å².